The molecule has 4 aromatic rings. The number of nitrogens with zero attached hydrogens (tertiary/aromatic N) is 2. The van der Waals surface area contributed by atoms with E-state index in [2.05, 4.69) is 5.32 Å². The molecular formula is C25H18ClF2N3O. The third-order valence-corrected chi connectivity index (χ3v) is 5.74. The van der Waals surface area contributed by atoms with Gasteiger partial charge in [-0.15, -0.1) is 0 Å². The van der Waals surface area contributed by atoms with Crippen LogP contribution >= 0.6 is 11.6 Å². The Balaban J connectivity index is 1.66. The highest BCUT2D eigenvalue weighted by atomic mass is 35.5. The Hall–Kier alpha value is -3.64. The summed E-state index contributed by atoms with van der Waals surface area (Å²) in [7, 11) is 0. The zero-order valence-corrected chi connectivity index (χ0v) is 17.6. The third kappa shape index (κ3) is 3.74. The number of nitrogens with one attached hydrogen (secondary N) is 1. The van der Waals surface area contributed by atoms with Crippen molar-refractivity contribution in [1.29, 1.82) is 0 Å². The number of fused-ring (bicyclic) bond motifs is 3. The number of halogens is 3. The molecule has 7 heteroatoms. The maximum absolute atomic E-state index is 14.2. The van der Waals surface area contributed by atoms with E-state index < -0.39 is 23.7 Å². The molecule has 2 heterocycles. The maximum atomic E-state index is 14.2. The molecule has 0 unspecified atom stereocenters. The van der Waals surface area contributed by atoms with Crippen LogP contribution < -0.4 is 5.32 Å². The Kier molecular flexibility index (Phi) is 5.15. The van der Waals surface area contributed by atoms with Crippen molar-refractivity contribution in [2.24, 2.45) is 0 Å². The molecule has 1 atom stereocenters. The molecule has 1 aliphatic heterocycles. The van der Waals surface area contributed by atoms with Gasteiger partial charge in [-0.3, -0.25) is 0 Å². The van der Waals surface area contributed by atoms with Crippen LogP contribution in [0.5, 0.6) is 0 Å². The highest BCUT2D eigenvalue weighted by molar-refractivity contribution is 6.30. The number of hydrogen-bond donors (Lipinski definition) is 1. The van der Waals surface area contributed by atoms with E-state index in [0.29, 0.717) is 16.3 Å². The summed E-state index contributed by atoms with van der Waals surface area (Å²) < 4.78 is 30.3. The summed E-state index contributed by atoms with van der Waals surface area (Å²) in [6.45, 7) is 0.243. The van der Waals surface area contributed by atoms with Gasteiger partial charge in [-0.05, 0) is 59.7 Å². The fraction of sp³-hybridized carbons (Fsp3) is 0.0800. The molecule has 0 fully saturated rings. The summed E-state index contributed by atoms with van der Waals surface area (Å²) in [4.78, 5) is 15.1. The van der Waals surface area contributed by atoms with Crippen LogP contribution in [0.1, 0.15) is 22.9 Å². The molecule has 1 aliphatic rings. The van der Waals surface area contributed by atoms with E-state index in [1.165, 1.54) is 12.1 Å². The second-order valence-electron chi connectivity index (χ2n) is 7.61. The molecule has 160 valence electrons. The largest absolute Gasteiger partial charge is 0.322 e. The van der Waals surface area contributed by atoms with Crippen molar-refractivity contribution in [2.45, 2.75) is 12.6 Å². The molecule has 1 N–H and O–H groups in total. The van der Waals surface area contributed by atoms with E-state index in [-0.39, 0.29) is 6.54 Å². The number of carbonyl (C=O) groups is 1. The number of para-hydroxylation sites is 1. The first kappa shape index (κ1) is 20.3. The Morgan fingerprint density at radius 1 is 0.938 bits per heavy atom. The maximum Gasteiger partial charge on any atom is 0.322 e. The van der Waals surface area contributed by atoms with Gasteiger partial charge in [0.15, 0.2) is 0 Å². The molecule has 2 amide bonds. The van der Waals surface area contributed by atoms with Gasteiger partial charge in [0.05, 0.1) is 18.3 Å². The molecule has 0 saturated carbocycles. The van der Waals surface area contributed by atoms with E-state index >= 15 is 0 Å². The van der Waals surface area contributed by atoms with Crippen LogP contribution in [-0.4, -0.2) is 15.5 Å². The Labute approximate surface area is 188 Å². The lowest BCUT2D eigenvalue weighted by molar-refractivity contribution is 0.194. The average Bonchev–Trinajstić information content (AvgIpc) is 3.17. The lowest BCUT2D eigenvalue weighted by Gasteiger charge is -2.31. The minimum Gasteiger partial charge on any atom is -0.318 e. The van der Waals surface area contributed by atoms with Crippen LogP contribution in [0.4, 0.5) is 19.3 Å². The molecule has 1 aromatic heterocycles. The molecule has 32 heavy (non-hydrogen) atoms. The van der Waals surface area contributed by atoms with Gasteiger partial charge < -0.3 is 14.8 Å². The molecular weight excluding hydrogens is 432 g/mol. The number of amides is 2. The standard InChI is InChI=1S/C25H18ClF2N3O/c26-18-6-3-7-21(13-18)29-25(32)31-15-16-5-1-2-8-22(16)30-10-4-9-23(30)24(31)17-11-19(27)14-20(28)12-17/h1-14,24H,15H2,(H,29,32)/t24-/m1/s1. The van der Waals surface area contributed by atoms with Crippen LogP contribution in [0.3, 0.4) is 0 Å². The Morgan fingerprint density at radius 2 is 1.72 bits per heavy atom. The molecule has 0 aliphatic carbocycles. The number of anilines is 1. The fourth-order valence-electron chi connectivity index (χ4n) is 4.18. The van der Waals surface area contributed by atoms with E-state index in [1.54, 1.807) is 29.2 Å². The van der Waals surface area contributed by atoms with Crippen LogP contribution in [0.15, 0.2) is 85.1 Å². The van der Waals surface area contributed by atoms with Gasteiger partial charge in [0.2, 0.25) is 0 Å². The number of aromatic nitrogens is 1. The quantitative estimate of drug-likeness (QED) is 0.370. The minimum absolute atomic E-state index is 0.243. The molecule has 0 spiro atoms. The van der Waals surface area contributed by atoms with Crippen LogP contribution in [0.2, 0.25) is 5.02 Å². The van der Waals surface area contributed by atoms with Crippen molar-refractivity contribution in [1.82, 2.24) is 9.47 Å². The van der Waals surface area contributed by atoms with Crippen LogP contribution in [0.25, 0.3) is 5.69 Å². The average molecular weight is 450 g/mol. The summed E-state index contributed by atoms with van der Waals surface area (Å²) in [5, 5.41) is 3.36. The van der Waals surface area contributed by atoms with Crippen molar-refractivity contribution >= 4 is 23.3 Å². The number of carbonyl (C=O) groups excluding carboxylic acids is 1. The monoisotopic (exact) mass is 449 g/mol. The van der Waals surface area contributed by atoms with E-state index in [9.17, 15) is 13.6 Å². The van der Waals surface area contributed by atoms with Gasteiger partial charge in [0.1, 0.15) is 11.6 Å². The van der Waals surface area contributed by atoms with Gasteiger partial charge in [-0.1, -0.05) is 35.9 Å². The van der Waals surface area contributed by atoms with Crippen molar-refractivity contribution in [2.75, 3.05) is 5.32 Å². The molecule has 3 aromatic carbocycles. The van der Waals surface area contributed by atoms with Crippen LogP contribution in [-0.2, 0) is 6.54 Å². The molecule has 0 saturated heterocycles. The first-order chi connectivity index (χ1) is 15.5. The molecule has 0 bridgehead atoms. The van der Waals surface area contributed by atoms with Gasteiger partial charge in [-0.25, -0.2) is 13.6 Å². The fourth-order valence-corrected chi connectivity index (χ4v) is 4.37. The zero-order valence-electron chi connectivity index (χ0n) is 16.8. The predicted octanol–water partition coefficient (Wildman–Crippen LogP) is 6.55. The summed E-state index contributed by atoms with van der Waals surface area (Å²) in [6, 6.07) is 20.5. The smallest absolute Gasteiger partial charge is 0.318 e. The third-order valence-electron chi connectivity index (χ3n) is 5.50. The van der Waals surface area contributed by atoms with Gasteiger partial charge in [0.25, 0.3) is 0 Å². The lowest BCUT2D eigenvalue weighted by atomic mass is 10.0. The number of urea groups is 1. The van der Waals surface area contributed by atoms with Crippen LogP contribution in [0, 0.1) is 11.6 Å². The van der Waals surface area contributed by atoms with Gasteiger partial charge >= 0.3 is 6.03 Å². The van der Waals surface area contributed by atoms with Gasteiger partial charge in [-0.2, -0.15) is 0 Å². The molecule has 0 radical (unpaired) electrons. The lowest BCUT2D eigenvalue weighted by Crippen LogP contribution is -2.38. The van der Waals surface area contributed by atoms with Crippen molar-refractivity contribution in [3.63, 3.8) is 0 Å². The second-order valence-corrected chi connectivity index (χ2v) is 8.04. The highest BCUT2D eigenvalue weighted by Gasteiger charge is 2.33. The Morgan fingerprint density at radius 3 is 2.50 bits per heavy atom. The summed E-state index contributed by atoms with van der Waals surface area (Å²) >= 11 is 6.07. The normalized spacial score (nSPS) is 15.0. The van der Waals surface area contributed by atoms with Crippen molar-refractivity contribution in [3.8, 4) is 5.69 Å². The number of rotatable bonds is 2. The Bertz CT molecular complexity index is 1300. The minimum atomic E-state index is -0.721. The summed E-state index contributed by atoms with van der Waals surface area (Å²) in [5.74, 6) is -1.40. The highest BCUT2D eigenvalue weighted by Crippen LogP contribution is 2.37. The topological polar surface area (TPSA) is 37.3 Å². The summed E-state index contributed by atoms with van der Waals surface area (Å²) in [6.07, 6.45) is 1.88. The first-order valence-corrected chi connectivity index (χ1v) is 10.4. The predicted molar refractivity (Wildman–Crippen MR) is 120 cm³/mol. The number of benzene rings is 3. The zero-order chi connectivity index (χ0) is 22.2. The van der Waals surface area contributed by atoms with E-state index in [4.69, 9.17) is 11.6 Å². The van der Waals surface area contributed by atoms with Crippen molar-refractivity contribution < 1.29 is 13.6 Å². The molecule has 5 rings (SSSR count). The van der Waals surface area contributed by atoms with E-state index in [0.717, 1.165) is 23.0 Å². The molecule has 4 nitrogen and oxygen atoms in total. The second kappa shape index (κ2) is 8.13. The van der Waals surface area contributed by atoms with Crippen molar-refractivity contribution in [3.05, 3.63) is 119 Å². The van der Waals surface area contributed by atoms with Gasteiger partial charge in [0, 0.05) is 28.7 Å². The first-order valence-electron chi connectivity index (χ1n) is 10.0. The SMILES string of the molecule is O=C(Nc1cccc(Cl)c1)N1Cc2ccccc2-n2cccc2[C@H]1c1cc(F)cc(F)c1. The number of hydrogen-bond acceptors (Lipinski definition) is 1. The van der Waals surface area contributed by atoms with E-state index in [1.807, 2.05) is 47.2 Å². The summed E-state index contributed by atoms with van der Waals surface area (Å²) in [5.41, 5.74) is 3.41.